The monoisotopic (exact) mass is 224 g/mol. The van der Waals surface area contributed by atoms with E-state index in [1.807, 2.05) is 0 Å². The predicted molar refractivity (Wildman–Crippen MR) is 56.1 cm³/mol. The van der Waals surface area contributed by atoms with Gasteiger partial charge in [0.2, 0.25) is 5.89 Å². The first-order valence-corrected chi connectivity index (χ1v) is 5.80. The quantitative estimate of drug-likeness (QED) is 0.829. The van der Waals surface area contributed by atoms with Crippen molar-refractivity contribution in [3.63, 3.8) is 0 Å². The van der Waals surface area contributed by atoms with Crippen molar-refractivity contribution >= 4 is 5.97 Å². The van der Waals surface area contributed by atoms with Gasteiger partial charge in [0.1, 0.15) is 0 Å². The molecule has 0 aliphatic heterocycles. The van der Waals surface area contributed by atoms with E-state index in [2.05, 4.69) is 10.1 Å². The number of aryl methyl sites for hydroxylation is 1. The second kappa shape index (κ2) is 5.09. The first kappa shape index (κ1) is 11.1. The summed E-state index contributed by atoms with van der Waals surface area (Å²) in [4.78, 5) is 14.7. The molecule has 1 aromatic rings. The second-order valence-corrected chi connectivity index (χ2v) is 4.27. The van der Waals surface area contributed by atoms with E-state index >= 15 is 0 Å². The fraction of sp³-hybridized carbons (Fsp3) is 0.727. The number of aromatic nitrogens is 2. The molecule has 2 rings (SSSR count). The van der Waals surface area contributed by atoms with Crippen LogP contribution in [0.2, 0.25) is 0 Å². The summed E-state index contributed by atoms with van der Waals surface area (Å²) >= 11 is 0. The molecule has 0 radical (unpaired) electrons. The van der Waals surface area contributed by atoms with Gasteiger partial charge >= 0.3 is 5.97 Å². The van der Waals surface area contributed by atoms with Crippen LogP contribution in [0, 0.1) is 0 Å². The van der Waals surface area contributed by atoms with Crippen LogP contribution in [0.3, 0.4) is 0 Å². The molecule has 88 valence electrons. The summed E-state index contributed by atoms with van der Waals surface area (Å²) in [6.45, 7) is 0. The van der Waals surface area contributed by atoms with Gasteiger partial charge in [0.25, 0.3) is 0 Å². The summed E-state index contributed by atoms with van der Waals surface area (Å²) in [6, 6.07) is 0. The van der Waals surface area contributed by atoms with Crippen molar-refractivity contribution in [3.05, 3.63) is 11.7 Å². The third-order valence-electron chi connectivity index (χ3n) is 2.99. The third-order valence-corrected chi connectivity index (χ3v) is 2.99. The van der Waals surface area contributed by atoms with Crippen molar-refractivity contribution in [3.8, 4) is 0 Å². The Labute approximate surface area is 93.9 Å². The predicted octanol–water partition coefficient (Wildman–Crippen LogP) is 2.13. The lowest BCUT2D eigenvalue weighted by atomic mass is 10.1. The van der Waals surface area contributed by atoms with Gasteiger partial charge in [-0.1, -0.05) is 18.0 Å². The van der Waals surface area contributed by atoms with Crippen LogP contribution in [0.1, 0.15) is 56.2 Å². The molecule has 0 bridgehead atoms. The molecule has 0 atom stereocenters. The topological polar surface area (TPSA) is 76.2 Å². The average Bonchev–Trinajstić information content (AvgIpc) is 2.85. The molecule has 1 aromatic heterocycles. The summed E-state index contributed by atoms with van der Waals surface area (Å²) in [5.41, 5.74) is 0. The van der Waals surface area contributed by atoms with Gasteiger partial charge in [0.15, 0.2) is 5.82 Å². The van der Waals surface area contributed by atoms with Crippen LogP contribution >= 0.6 is 0 Å². The highest BCUT2D eigenvalue weighted by atomic mass is 16.5. The number of carboxylic acid groups (broad SMARTS) is 1. The van der Waals surface area contributed by atoms with Crippen molar-refractivity contribution < 1.29 is 14.4 Å². The molecule has 5 nitrogen and oxygen atoms in total. The molecule has 0 spiro atoms. The molecule has 0 amide bonds. The summed E-state index contributed by atoms with van der Waals surface area (Å²) in [6.07, 6.45) is 6.05. The standard InChI is InChI=1S/C11H16N2O3/c14-10(15)7-3-6-9-12-11(13-16-9)8-4-1-2-5-8/h8H,1-7H2,(H,14,15). The van der Waals surface area contributed by atoms with Crippen LogP contribution in [0.15, 0.2) is 4.52 Å². The van der Waals surface area contributed by atoms with Crippen LogP contribution < -0.4 is 0 Å². The SMILES string of the molecule is O=C(O)CCCc1nc(C2CCCC2)no1. The van der Waals surface area contributed by atoms with Gasteiger partial charge in [-0.2, -0.15) is 4.98 Å². The van der Waals surface area contributed by atoms with E-state index < -0.39 is 5.97 Å². The Bertz CT molecular complexity index is 356. The molecule has 16 heavy (non-hydrogen) atoms. The molecule has 1 heterocycles. The molecular weight excluding hydrogens is 208 g/mol. The number of hydrogen-bond acceptors (Lipinski definition) is 4. The van der Waals surface area contributed by atoms with Gasteiger partial charge in [0, 0.05) is 18.8 Å². The first-order chi connectivity index (χ1) is 7.75. The van der Waals surface area contributed by atoms with Crippen LogP contribution in [0.25, 0.3) is 0 Å². The Morgan fingerprint density at radius 3 is 2.88 bits per heavy atom. The Kier molecular flexibility index (Phi) is 3.54. The van der Waals surface area contributed by atoms with Gasteiger partial charge in [-0.05, 0) is 19.3 Å². The fourth-order valence-electron chi connectivity index (χ4n) is 2.11. The smallest absolute Gasteiger partial charge is 0.303 e. The number of carbonyl (C=O) groups is 1. The van der Waals surface area contributed by atoms with E-state index in [0.29, 0.717) is 24.7 Å². The first-order valence-electron chi connectivity index (χ1n) is 5.80. The zero-order chi connectivity index (χ0) is 11.4. The van der Waals surface area contributed by atoms with Crippen LogP contribution in [0.4, 0.5) is 0 Å². The summed E-state index contributed by atoms with van der Waals surface area (Å²) in [5, 5.41) is 12.5. The summed E-state index contributed by atoms with van der Waals surface area (Å²) in [5.74, 6) is 1.05. The van der Waals surface area contributed by atoms with E-state index in [1.54, 1.807) is 0 Å². The number of carboxylic acids is 1. The van der Waals surface area contributed by atoms with E-state index in [-0.39, 0.29) is 6.42 Å². The van der Waals surface area contributed by atoms with Crippen molar-refractivity contribution in [2.24, 2.45) is 0 Å². The lowest BCUT2D eigenvalue weighted by Crippen LogP contribution is -1.97. The highest BCUT2D eigenvalue weighted by Crippen LogP contribution is 2.32. The number of rotatable bonds is 5. The van der Waals surface area contributed by atoms with Gasteiger partial charge < -0.3 is 9.63 Å². The molecule has 1 aliphatic rings. The lowest BCUT2D eigenvalue weighted by molar-refractivity contribution is -0.137. The van der Waals surface area contributed by atoms with Gasteiger partial charge in [-0.3, -0.25) is 4.79 Å². The van der Waals surface area contributed by atoms with Crippen LogP contribution in [-0.2, 0) is 11.2 Å². The summed E-state index contributed by atoms with van der Waals surface area (Å²) in [7, 11) is 0. The lowest BCUT2D eigenvalue weighted by Gasteiger charge is -1.99. The Morgan fingerprint density at radius 2 is 2.19 bits per heavy atom. The molecule has 1 N–H and O–H groups in total. The van der Waals surface area contributed by atoms with Crippen molar-refractivity contribution in [1.29, 1.82) is 0 Å². The van der Waals surface area contributed by atoms with Crippen molar-refractivity contribution in [2.45, 2.75) is 50.9 Å². The highest BCUT2D eigenvalue weighted by molar-refractivity contribution is 5.66. The molecule has 0 unspecified atom stereocenters. The molecular formula is C11H16N2O3. The zero-order valence-corrected chi connectivity index (χ0v) is 9.19. The van der Waals surface area contributed by atoms with Gasteiger partial charge in [-0.25, -0.2) is 0 Å². The van der Waals surface area contributed by atoms with Crippen molar-refractivity contribution in [2.75, 3.05) is 0 Å². The Balaban J connectivity index is 1.84. The fourth-order valence-corrected chi connectivity index (χ4v) is 2.11. The molecule has 0 aromatic carbocycles. The molecule has 1 aliphatic carbocycles. The van der Waals surface area contributed by atoms with Crippen LogP contribution in [0.5, 0.6) is 0 Å². The van der Waals surface area contributed by atoms with Gasteiger partial charge in [0.05, 0.1) is 0 Å². The number of hydrogen-bond donors (Lipinski definition) is 1. The maximum absolute atomic E-state index is 10.3. The minimum atomic E-state index is -0.782. The van der Waals surface area contributed by atoms with Gasteiger partial charge in [-0.15, -0.1) is 0 Å². The second-order valence-electron chi connectivity index (χ2n) is 4.27. The minimum absolute atomic E-state index is 0.154. The van der Waals surface area contributed by atoms with Crippen LogP contribution in [-0.4, -0.2) is 21.2 Å². The van der Waals surface area contributed by atoms with E-state index in [0.717, 1.165) is 18.7 Å². The highest BCUT2D eigenvalue weighted by Gasteiger charge is 2.22. The zero-order valence-electron chi connectivity index (χ0n) is 9.19. The molecule has 5 heteroatoms. The van der Waals surface area contributed by atoms with Crippen molar-refractivity contribution in [1.82, 2.24) is 10.1 Å². The minimum Gasteiger partial charge on any atom is -0.481 e. The molecule has 0 saturated heterocycles. The maximum atomic E-state index is 10.3. The third kappa shape index (κ3) is 2.81. The Hall–Kier alpha value is -1.39. The normalized spacial score (nSPS) is 16.8. The largest absolute Gasteiger partial charge is 0.481 e. The number of nitrogens with zero attached hydrogens (tertiary/aromatic N) is 2. The van der Waals surface area contributed by atoms with E-state index in [9.17, 15) is 4.79 Å². The average molecular weight is 224 g/mol. The molecule has 1 saturated carbocycles. The van der Waals surface area contributed by atoms with E-state index in [4.69, 9.17) is 9.63 Å². The Morgan fingerprint density at radius 1 is 1.44 bits per heavy atom. The van der Waals surface area contributed by atoms with E-state index in [1.165, 1.54) is 12.8 Å². The summed E-state index contributed by atoms with van der Waals surface area (Å²) < 4.78 is 5.10. The number of aliphatic carboxylic acids is 1. The molecule has 1 fully saturated rings. The maximum Gasteiger partial charge on any atom is 0.303 e.